The van der Waals surface area contributed by atoms with Crippen molar-refractivity contribution < 1.29 is 4.74 Å². The first-order valence-corrected chi connectivity index (χ1v) is 7.04. The van der Waals surface area contributed by atoms with E-state index in [1.807, 2.05) is 0 Å². The van der Waals surface area contributed by atoms with Crippen LogP contribution in [-0.4, -0.2) is 42.1 Å². The topological polar surface area (TPSA) is 12.5 Å². The number of hydrogen-bond donors (Lipinski definition) is 0. The number of hydrogen-bond acceptors (Lipinski definition) is 2. The quantitative estimate of drug-likeness (QED) is 0.633. The summed E-state index contributed by atoms with van der Waals surface area (Å²) in [6, 6.07) is 0. The lowest BCUT2D eigenvalue weighted by molar-refractivity contribution is -0.0125. The van der Waals surface area contributed by atoms with Crippen molar-refractivity contribution in [1.82, 2.24) is 4.90 Å². The largest absolute Gasteiger partial charge is 0.375 e. The van der Waals surface area contributed by atoms with E-state index in [1.54, 1.807) is 0 Å². The summed E-state index contributed by atoms with van der Waals surface area (Å²) < 4.78 is 5.73. The lowest BCUT2D eigenvalue weighted by Gasteiger charge is -2.24. The maximum Gasteiger partial charge on any atom is 0.0600 e. The molecule has 0 atom stereocenters. The predicted molar refractivity (Wildman–Crippen MR) is 70.8 cm³/mol. The Labute approximate surface area is 103 Å². The molecule has 0 heterocycles. The molecule has 0 rings (SSSR count). The Morgan fingerprint density at radius 2 is 1.80 bits per heavy atom. The summed E-state index contributed by atoms with van der Waals surface area (Å²) in [5.74, 6) is 0. The second-order valence-electron chi connectivity index (χ2n) is 4.85. The second kappa shape index (κ2) is 8.54. The summed E-state index contributed by atoms with van der Waals surface area (Å²) in [5.41, 5.74) is -0.00910. The zero-order valence-electron chi connectivity index (χ0n) is 10.7. The van der Waals surface area contributed by atoms with Crippen molar-refractivity contribution in [2.75, 3.05) is 31.6 Å². The highest BCUT2D eigenvalue weighted by molar-refractivity contribution is 9.09. The van der Waals surface area contributed by atoms with Gasteiger partial charge in [-0.25, -0.2) is 0 Å². The smallest absolute Gasteiger partial charge is 0.0600 e. The van der Waals surface area contributed by atoms with E-state index in [2.05, 4.69) is 48.5 Å². The van der Waals surface area contributed by atoms with Crippen LogP contribution in [0.15, 0.2) is 0 Å². The van der Waals surface area contributed by atoms with Gasteiger partial charge < -0.3 is 9.64 Å². The molecule has 2 nitrogen and oxygen atoms in total. The summed E-state index contributed by atoms with van der Waals surface area (Å²) >= 11 is 3.49. The van der Waals surface area contributed by atoms with Gasteiger partial charge >= 0.3 is 0 Å². The molecule has 0 aromatic rings. The Morgan fingerprint density at radius 1 is 1.13 bits per heavy atom. The van der Waals surface area contributed by atoms with Gasteiger partial charge in [0.25, 0.3) is 0 Å². The van der Waals surface area contributed by atoms with Gasteiger partial charge in [-0.3, -0.25) is 0 Å². The maximum absolute atomic E-state index is 5.73. The molecule has 0 aliphatic carbocycles. The average Bonchev–Trinajstić information content (AvgIpc) is 2.12. The Morgan fingerprint density at radius 3 is 2.27 bits per heavy atom. The molecule has 3 heteroatoms. The van der Waals surface area contributed by atoms with Crippen molar-refractivity contribution in [2.45, 2.75) is 46.1 Å². The van der Waals surface area contributed by atoms with Gasteiger partial charge in [-0.1, -0.05) is 29.3 Å². The van der Waals surface area contributed by atoms with Crippen LogP contribution in [0.1, 0.15) is 40.5 Å². The molecule has 0 bridgehead atoms. The molecule has 0 aromatic heterocycles. The third-order valence-corrected chi connectivity index (χ3v) is 2.53. The van der Waals surface area contributed by atoms with E-state index in [9.17, 15) is 0 Å². The lowest BCUT2D eigenvalue weighted by Crippen LogP contribution is -2.33. The van der Waals surface area contributed by atoms with Crippen LogP contribution >= 0.6 is 15.9 Å². The Kier molecular flexibility index (Phi) is 8.77. The van der Waals surface area contributed by atoms with E-state index < -0.39 is 0 Å². The molecule has 0 saturated heterocycles. The molecule has 0 N–H and O–H groups in total. The zero-order valence-corrected chi connectivity index (χ0v) is 12.3. The Hall–Kier alpha value is 0.400. The van der Waals surface area contributed by atoms with Crippen molar-refractivity contribution in [1.29, 1.82) is 0 Å². The SMILES string of the molecule is CCCCN(CCBr)CCOC(C)(C)C. The average molecular weight is 280 g/mol. The van der Waals surface area contributed by atoms with E-state index in [0.29, 0.717) is 0 Å². The fourth-order valence-corrected chi connectivity index (χ4v) is 1.82. The van der Waals surface area contributed by atoms with Crippen LogP contribution in [0, 0.1) is 0 Å². The number of rotatable bonds is 8. The molecule has 0 radical (unpaired) electrons. The van der Waals surface area contributed by atoms with Gasteiger partial charge in [-0.05, 0) is 33.7 Å². The van der Waals surface area contributed by atoms with Gasteiger partial charge in [-0.15, -0.1) is 0 Å². The number of alkyl halides is 1. The Bertz CT molecular complexity index is 145. The predicted octanol–water partition coefficient (Wildman–Crippen LogP) is 3.30. The van der Waals surface area contributed by atoms with E-state index in [4.69, 9.17) is 4.74 Å². The molecule has 0 amide bonds. The van der Waals surface area contributed by atoms with Crippen LogP contribution in [0.3, 0.4) is 0 Å². The summed E-state index contributed by atoms with van der Waals surface area (Å²) in [6.45, 7) is 12.7. The summed E-state index contributed by atoms with van der Waals surface area (Å²) in [5, 5.41) is 1.05. The molecule has 0 saturated carbocycles. The molecule has 0 aromatic carbocycles. The third-order valence-electron chi connectivity index (χ3n) is 2.17. The van der Waals surface area contributed by atoms with Crippen LogP contribution in [0.5, 0.6) is 0 Å². The first-order valence-electron chi connectivity index (χ1n) is 5.92. The minimum absolute atomic E-state index is 0.00910. The number of nitrogens with zero attached hydrogens (tertiary/aromatic N) is 1. The van der Waals surface area contributed by atoms with E-state index in [0.717, 1.165) is 25.0 Å². The molecule has 92 valence electrons. The number of unbranched alkanes of at least 4 members (excludes halogenated alkanes) is 1. The van der Waals surface area contributed by atoms with Gasteiger partial charge in [0.05, 0.1) is 12.2 Å². The molecular formula is C12H26BrNO. The highest BCUT2D eigenvalue weighted by atomic mass is 79.9. The van der Waals surface area contributed by atoms with Gasteiger partial charge in [0.2, 0.25) is 0 Å². The van der Waals surface area contributed by atoms with Crippen LogP contribution in [0.25, 0.3) is 0 Å². The van der Waals surface area contributed by atoms with E-state index in [1.165, 1.54) is 19.4 Å². The van der Waals surface area contributed by atoms with Crippen LogP contribution in [0.2, 0.25) is 0 Å². The molecule has 0 fully saturated rings. The number of halogens is 1. The molecule has 0 aliphatic heterocycles. The summed E-state index contributed by atoms with van der Waals surface area (Å²) in [7, 11) is 0. The lowest BCUT2D eigenvalue weighted by atomic mass is 10.2. The van der Waals surface area contributed by atoms with Crippen molar-refractivity contribution in [3.8, 4) is 0 Å². The van der Waals surface area contributed by atoms with Crippen molar-refractivity contribution in [3.63, 3.8) is 0 Å². The summed E-state index contributed by atoms with van der Waals surface area (Å²) in [4.78, 5) is 2.46. The first-order chi connectivity index (χ1) is 6.99. The second-order valence-corrected chi connectivity index (χ2v) is 5.64. The Balaban J connectivity index is 3.65. The van der Waals surface area contributed by atoms with E-state index >= 15 is 0 Å². The highest BCUT2D eigenvalue weighted by Crippen LogP contribution is 2.06. The first kappa shape index (κ1) is 15.4. The van der Waals surface area contributed by atoms with Crippen LogP contribution in [0.4, 0.5) is 0 Å². The zero-order chi connectivity index (χ0) is 11.7. The van der Waals surface area contributed by atoms with Crippen molar-refractivity contribution in [2.24, 2.45) is 0 Å². The van der Waals surface area contributed by atoms with Crippen molar-refractivity contribution in [3.05, 3.63) is 0 Å². The van der Waals surface area contributed by atoms with Gasteiger partial charge in [0.15, 0.2) is 0 Å². The molecule has 0 unspecified atom stereocenters. The minimum Gasteiger partial charge on any atom is -0.375 e. The van der Waals surface area contributed by atoms with E-state index in [-0.39, 0.29) is 5.60 Å². The highest BCUT2D eigenvalue weighted by Gasteiger charge is 2.10. The molecular weight excluding hydrogens is 254 g/mol. The fraction of sp³-hybridized carbons (Fsp3) is 1.00. The molecule has 0 spiro atoms. The van der Waals surface area contributed by atoms with Crippen LogP contribution in [-0.2, 0) is 4.74 Å². The minimum atomic E-state index is -0.00910. The maximum atomic E-state index is 5.73. The van der Waals surface area contributed by atoms with Crippen LogP contribution < -0.4 is 0 Å². The normalized spacial score (nSPS) is 12.4. The molecule has 15 heavy (non-hydrogen) atoms. The summed E-state index contributed by atoms with van der Waals surface area (Å²) in [6.07, 6.45) is 2.54. The standard InChI is InChI=1S/C12H26BrNO/c1-5-6-8-14(9-7-13)10-11-15-12(2,3)4/h5-11H2,1-4H3. The van der Waals surface area contributed by atoms with Gasteiger partial charge in [-0.2, -0.15) is 0 Å². The van der Waals surface area contributed by atoms with Crippen molar-refractivity contribution >= 4 is 15.9 Å². The van der Waals surface area contributed by atoms with Gasteiger partial charge in [0, 0.05) is 18.4 Å². The monoisotopic (exact) mass is 279 g/mol. The molecule has 0 aliphatic rings. The fourth-order valence-electron chi connectivity index (χ4n) is 1.32. The number of ether oxygens (including phenoxy) is 1. The third kappa shape index (κ3) is 10.7. The van der Waals surface area contributed by atoms with Gasteiger partial charge in [0.1, 0.15) is 0 Å².